The number of carboxylic acids is 2. The summed E-state index contributed by atoms with van der Waals surface area (Å²) in [6.45, 7) is 3.29. The van der Waals surface area contributed by atoms with E-state index in [-0.39, 0.29) is 60.4 Å². The maximum absolute atomic E-state index is 12.8. The number of amides is 2. The van der Waals surface area contributed by atoms with Gasteiger partial charge in [-0.3, -0.25) is 0 Å². The van der Waals surface area contributed by atoms with Crippen molar-refractivity contribution in [1.82, 2.24) is 10.1 Å². The first-order chi connectivity index (χ1) is 25.3. The van der Waals surface area contributed by atoms with E-state index >= 15 is 0 Å². The highest BCUT2D eigenvalue weighted by Crippen LogP contribution is 2.35. The van der Waals surface area contributed by atoms with E-state index in [2.05, 4.69) is 0 Å². The van der Waals surface area contributed by atoms with Gasteiger partial charge in [0.2, 0.25) is 0 Å². The number of carbonyl (C=O) groups excluding carboxylic acids is 2. The second-order valence-electron chi connectivity index (χ2n) is 10.6. The Balaban J connectivity index is 2.45. The van der Waals surface area contributed by atoms with Gasteiger partial charge in [0.05, 0.1) is 26.3 Å². The zero-order chi connectivity index (χ0) is 39.6. The molecule has 2 aromatic rings. The molecule has 21 heteroatoms. The van der Waals surface area contributed by atoms with Gasteiger partial charge in [0.1, 0.15) is 22.6 Å². The van der Waals surface area contributed by atoms with E-state index in [1.807, 2.05) is 0 Å². The average Bonchev–Trinajstić information content (AvgIpc) is 3.14. The largest absolute Gasteiger partial charge is 0.500 e. The average molecular weight is 789 g/mol. The lowest BCUT2D eigenvalue weighted by molar-refractivity contribution is -0.0477. The molecule has 0 aromatic heterocycles. The molecule has 2 amide bonds. The predicted molar refractivity (Wildman–Crippen MR) is 188 cm³/mol. The zero-order valence-electron chi connectivity index (χ0n) is 31.0. The van der Waals surface area contributed by atoms with Gasteiger partial charge < -0.3 is 60.7 Å². The smallest absolute Gasteiger partial charge is 0.478 e. The Morgan fingerprint density at radius 3 is 1.21 bits per heavy atom. The molecule has 53 heavy (non-hydrogen) atoms. The van der Waals surface area contributed by atoms with E-state index in [1.54, 1.807) is 13.8 Å². The quantitative estimate of drug-likeness (QED) is 0.107. The van der Waals surface area contributed by atoms with Crippen LogP contribution in [-0.2, 0) is 36.0 Å². The summed E-state index contributed by atoms with van der Waals surface area (Å²) in [6, 6.07) is 7.84. The highest BCUT2D eigenvalue weighted by atomic mass is 28.4. The monoisotopic (exact) mass is 788 g/mol. The molecule has 2 N–H and O–H groups in total. The molecule has 2 rings (SSSR count). The van der Waals surface area contributed by atoms with Crippen LogP contribution in [0.4, 0.5) is 9.59 Å². The number of aromatic carboxylic acids is 2. The first-order valence-electron chi connectivity index (χ1n) is 16.3. The van der Waals surface area contributed by atoms with Gasteiger partial charge in [-0.15, -0.1) is 10.1 Å². The molecule has 0 aliphatic rings. The van der Waals surface area contributed by atoms with Gasteiger partial charge in [-0.25, -0.2) is 19.2 Å². The second kappa shape index (κ2) is 21.9. The maximum atomic E-state index is 12.8. The van der Waals surface area contributed by atoms with Crippen LogP contribution in [0.5, 0.6) is 23.0 Å². The van der Waals surface area contributed by atoms with Gasteiger partial charge in [-0.2, -0.15) is 0 Å². The van der Waals surface area contributed by atoms with Crippen molar-refractivity contribution in [2.24, 2.45) is 0 Å². The molecule has 296 valence electrons. The van der Waals surface area contributed by atoms with Crippen molar-refractivity contribution in [1.29, 1.82) is 0 Å². The molecule has 0 saturated heterocycles. The van der Waals surface area contributed by atoms with Crippen molar-refractivity contribution in [2.45, 2.75) is 38.8 Å². The van der Waals surface area contributed by atoms with Crippen molar-refractivity contribution >= 4 is 41.7 Å². The fourth-order valence-corrected chi connectivity index (χ4v) is 8.15. The molecule has 0 radical (unpaired) electrons. The van der Waals surface area contributed by atoms with Crippen molar-refractivity contribution in [3.05, 3.63) is 47.5 Å². The molecule has 2 aromatic carbocycles. The lowest BCUT2D eigenvalue weighted by Crippen LogP contribution is -2.44. The van der Waals surface area contributed by atoms with Crippen LogP contribution in [0.1, 0.15) is 47.4 Å². The minimum Gasteiger partial charge on any atom is -0.478 e. The highest BCUT2D eigenvalue weighted by molar-refractivity contribution is 6.60. The SMILES string of the molecule is CCOC(=O)N(CCC[Si](OC)(OC)OC)Oc1ccc(C(=O)O)c(Oc2cc(ON(CCC[Si](OC)(OC)OC)C(=O)OCC)ccc2C(=O)O)c1. The summed E-state index contributed by atoms with van der Waals surface area (Å²) in [5.74, 6) is -3.60. The Kier molecular flexibility index (Phi) is 18.5. The Bertz CT molecular complexity index is 1380. The Hall–Kier alpha value is -4.49. The summed E-state index contributed by atoms with van der Waals surface area (Å²) >= 11 is 0. The van der Waals surface area contributed by atoms with Crippen LogP contribution in [0.15, 0.2) is 36.4 Å². The van der Waals surface area contributed by atoms with Crippen LogP contribution in [0.25, 0.3) is 0 Å². The molecule has 0 aliphatic heterocycles. The van der Waals surface area contributed by atoms with Gasteiger partial charge in [-0.1, -0.05) is 0 Å². The number of hydrogen-bond acceptors (Lipinski definition) is 15. The van der Waals surface area contributed by atoms with Crippen LogP contribution in [-0.4, -0.2) is 131 Å². The standard InChI is InChI=1S/C32H48N2O17Si2/c1-9-47-31(39)33(17-11-19-52(41-3,42-4)43-5)50-23-13-15-25(29(35)36)27(21-23)49-28-22-24(14-16-26(28)30(37)38)51-34(32(40)48-10-2)18-12-20-53(44-6,45-7)46-8/h13-16,21-22H,9-12,17-20H2,1-8H3,(H,35,36)(H,37,38). The third-order valence-electron chi connectivity index (χ3n) is 7.52. The van der Waals surface area contributed by atoms with Crippen molar-refractivity contribution in [3.8, 4) is 23.0 Å². The molecule has 0 atom stereocenters. The van der Waals surface area contributed by atoms with Crippen LogP contribution >= 0.6 is 0 Å². The lowest BCUT2D eigenvalue weighted by Gasteiger charge is -2.26. The van der Waals surface area contributed by atoms with Gasteiger partial charge >= 0.3 is 41.7 Å². The first-order valence-corrected chi connectivity index (χ1v) is 20.1. The summed E-state index contributed by atoms with van der Waals surface area (Å²) in [5, 5.41) is 21.7. The number of carbonyl (C=O) groups is 4. The van der Waals surface area contributed by atoms with E-state index < -0.39 is 41.7 Å². The second-order valence-corrected chi connectivity index (χ2v) is 16.8. The number of hydrogen-bond donors (Lipinski definition) is 2. The fraction of sp³-hybridized carbons (Fsp3) is 0.500. The van der Waals surface area contributed by atoms with Crippen LogP contribution in [0, 0.1) is 0 Å². The molecule has 0 aliphatic carbocycles. The van der Waals surface area contributed by atoms with E-state index in [4.69, 9.17) is 50.4 Å². The molecule has 0 unspecified atom stereocenters. The fourth-order valence-electron chi connectivity index (χ4n) is 4.74. The molecule has 0 spiro atoms. The van der Waals surface area contributed by atoms with E-state index in [9.17, 15) is 29.4 Å². The van der Waals surface area contributed by atoms with Crippen molar-refractivity contribution < 1.29 is 79.8 Å². The molecule has 0 bridgehead atoms. The third-order valence-corrected chi connectivity index (χ3v) is 13.2. The maximum Gasteiger partial charge on any atom is 0.500 e. The summed E-state index contributed by atoms with van der Waals surface area (Å²) in [7, 11) is 2.78. The minimum absolute atomic E-state index is 0.00831. The van der Waals surface area contributed by atoms with Crippen LogP contribution < -0.4 is 14.4 Å². The molecular formula is C32H48N2O17Si2. The number of rotatable bonds is 24. The molecule has 0 fully saturated rings. The third kappa shape index (κ3) is 12.9. The minimum atomic E-state index is -2.98. The van der Waals surface area contributed by atoms with Gasteiger partial charge in [0.15, 0.2) is 11.5 Å². The van der Waals surface area contributed by atoms with Crippen molar-refractivity contribution in [3.63, 3.8) is 0 Å². The number of carboxylic acid groups (broad SMARTS) is 2. The van der Waals surface area contributed by atoms with E-state index in [0.29, 0.717) is 24.9 Å². The summed E-state index contributed by atoms with van der Waals surface area (Å²) in [5.41, 5.74) is -0.733. The predicted octanol–water partition coefficient (Wildman–Crippen LogP) is 4.92. The Labute approximate surface area is 309 Å². The number of benzene rings is 2. The van der Waals surface area contributed by atoms with E-state index in [1.165, 1.54) is 54.8 Å². The normalized spacial score (nSPS) is 11.4. The lowest BCUT2D eigenvalue weighted by atomic mass is 10.1. The van der Waals surface area contributed by atoms with Crippen LogP contribution in [0.2, 0.25) is 12.1 Å². The number of nitrogens with zero attached hydrogens (tertiary/aromatic N) is 2. The van der Waals surface area contributed by atoms with Gasteiger partial charge in [0.25, 0.3) is 0 Å². The van der Waals surface area contributed by atoms with E-state index in [0.717, 1.165) is 34.4 Å². The van der Waals surface area contributed by atoms with Crippen molar-refractivity contribution in [2.75, 3.05) is 69.0 Å². The van der Waals surface area contributed by atoms with Crippen LogP contribution in [0.3, 0.4) is 0 Å². The molecule has 0 saturated carbocycles. The number of ether oxygens (including phenoxy) is 3. The summed E-state index contributed by atoms with van der Waals surface area (Å²) in [6.07, 6.45) is -1.05. The summed E-state index contributed by atoms with van der Waals surface area (Å²) < 4.78 is 48.7. The Morgan fingerprint density at radius 2 is 0.925 bits per heavy atom. The zero-order valence-corrected chi connectivity index (χ0v) is 33.0. The topological polar surface area (TPSA) is 217 Å². The number of hydroxylamine groups is 4. The molecule has 19 nitrogen and oxygen atoms in total. The summed E-state index contributed by atoms with van der Waals surface area (Å²) in [4.78, 5) is 61.6. The van der Waals surface area contributed by atoms with Gasteiger partial charge in [-0.05, 0) is 51.0 Å². The Morgan fingerprint density at radius 1 is 0.585 bits per heavy atom. The highest BCUT2D eigenvalue weighted by Gasteiger charge is 2.38. The molecular weight excluding hydrogens is 741 g/mol. The molecule has 0 heterocycles. The first kappa shape index (κ1) is 44.7. The van der Waals surface area contributed by atoms with Gasteiger partial charge in [0, 0.05) is 66.9 Å².